The van der Waals surface area contributed by atoms with Crippen LogP contribution in [0.25, 0.3) is 0 Å². The van der Waals surface area contributed by atoms with Crippen LogP contribution in [0, 0.1) is 5.82 Å². The molecule has 1 aromatic heterocycles. The van der Waals surface area contributed by atoms with E-state index in [0.717, 1.165) is 55.2 Å². The lowest BCUT2D eigenvalue weighted by Crippen LogP contribution is -2.29. The van der Waals surface area contributed by atoms with Gasteiger partial charge in [0.05, 0.1) is 10.6 Å². The first-order valence-electron chi connectivity index (χ1n) is 9.37. The van der Waals surface area contributed by atoms with Gasteiger partial charge in [-0.25, -0.2) is 9.18 Å². The molecule has 0 amide bonds. The molecule has 0 bridgehead atoms. The van der Waals surface area contributed by atoms with E-state index in [0.29, 0.717) is 5.57 Å². The third kappa shape index (κ3) is 5.73. The van der Waals surface area contributed by atoms with Crippen LogP contribution in [0.5, 0.6) is 0 Å². The highest BCUT2D eigenvalue weighted by atomic mass is 32.2. The number of benzene rings is 1. The van der Waals surface area contributed by atoms with E-state index in [-0.39, 0.29) is 5.82 Å². The van der Waals surface area contributed by atoms with Gasteiger partial charge in [-0.3, -0.25) is 4.68 Å². The van der Waals surface area contributed by atoms with Crippen molar-refractivity contribution in [2.75, 3.05) is 18.8 Å². The first-order valence-corrected chi connectivity index (χ1v) is 10.4. The molecule has 0 saturated carbocycles. The van der Waals surface area contributed by atoms with Crippen molar-refractivity contribution in [2.24, 2.45) is 0 Å². The lowest BCUT2D eigenvalue weighted by atomic mass is 10.1. The molecule has 28 heavy (non-hydrogen) atoms. The van der Waals surface area contributed by atoms with Crippen LogP contribution in [-0.4, -0.2) is 44.6 Å². The van der Waals surface area contributed by atoms with Gasteiger partial charge >= 0.3 is 5.97 Å². The molecule has 2 heterocycles. The second-order valence-electron chi connectivity index (χ2n) is 6.57. The smallest absolute Gasteiger partial charge is 0.338 e. The van der Waals surface area contributed by atoms with Crippen molar-refractivity contribution >= 4 is 17.7 Å². The van der Waals surface area contributed by atoms with E-state index in [4.69, 9.17) is 0 Å². The van der Waals surface area contributed by atoms with Gasteiger partial charge in [-0.1, -0.05) is 18.2 Å². The number of hydrogen-bond acceptors (Lipinski definition) is 4. The topological polar surface area (TPSA) is 58.4 Å². The normalized spacial score (nSPS) is 14.0. The second kappa shape index (κ2) is 10.1. The Kier molecular flexibility index (Phi) is 7.31. The quantitative estimate of drug-likeness (QED) is 0.611. The van der Waals surface area contributed by atoms with Crippen molar-refractivity contribution in [3.63, 3.8) is 0 Å². The molecule has 0 unspecified atom stereocenters. The number of nitrogens with zero attached hydrogens (tertiary/aromatic N) is 3. The zero-order valence-electron chi connectivity index (χ0n) is 15.6. The molecule has 0 atom stereocenters. The van der Waals surface area contributed by atoms with Crippen molar-refractivity contribution in [3.8, 4) is 0 Å². The number of hydrogen-bond donors (Lipinski definition) is 1. The molecule has 0 fully saturated rings. The molecular formula is C21H24FN3O2S. The van der Waals surface area contributed by atoms with Gasteiger partial charge in [-0.2, -0.15) is 5.10 Å². The molecule has 0 radical (unpaired) electrons. The molecule has 1 N–H and O–H groups in total. The Labute approximate surface area is 168 Å². The SMILES string of the molecule is O=C(O)C1=C(SCCCc2ccc(F)cc2)N(CCCn2cccn2)CC=C1. The Morgan fingerprint density at radius 1 is 1.21 bits per heavy atom. The summed E-state index contributed by atoms with van der Waals surface area (Å²) in [5, 5.41) is 14.6. The summed E-state index contributed by atoms with van der Waals surface area (Å²) >= 11 is 1.59. The van der Waals surface area contributed by atoms with Gasteiger partial charge < -0.3 is 10.0 Å². The largest absolute Gasteiger partial charge is 0.478 e. The molecule has 1 aromatic carbocycles. The second-order valence-corrected chi connectivity index (χ2v) is 7.66. The highest BCUT2D eigenvalue weighted by Crippen LogP contribution is 2.29. The van der Waals surface area contributed by atoms with E-state index in [1.165, 1.54) is 12.1 Å². The third-order valence-corrected chi connectivity index (χ3v) is 5.74. The van der Waals surface area contributed by atoms with E-state index >= 15 is 0 Å². The van der Waals surface area contributed by atoms with Crippen molar-refractivity contribution in [2.45, 2.75) is 25.8 Å². The highest BCUT2D eigenvalue weighted by molar-refractivity contribution is 8.03. The van der Waals surface area contributed by atoms with Crippen LogP contribution in [0.4, 0.5) is 4.39 Å². The van der Waals surface area contributed by atoms with Gasteiger partial charge in [-0.05, 0) is 54.9 Å². The summed E-state index contributed by atoms with van der Waals surface area (Å²) < 4.78 is 14.9. The number of carboxylic acid groups (broad SMARTS) is 1. The minimum absolute atomic E-state index is 0.228. The summed E-state index contributed by atoms with van der Waals surface area (Å²) in [6.07, 6.45) is 9.93. The zero-order valence-corrected chi connectivity index (χ0v) is 16.4. The van der Waals surface area contributed by atoms with Crippen molar-refractivity contribution in [1.82, 2.24) is 14.7 Å². The summed E-state index contributed by atoms with van der Waals surface area (Å²) in [5.74, 6) is -0.310. The fourth-order valence-electron chi connectivity index (χ4n) is 3.10. The molecule has 0 spiro atoms. The average Bonchev–Trinajstić information content (AvgIpc) is 3.20. The van der Waals surface area contributed by atoms with Crippen molar-refractivity contribution in [1.29, 1.82) is 0 Å². The molecule has 7 heteroatoms. The molecule has 0 aliphatic carbocycles. The van der Waals surface area contributed by atoms with Crippen LogP contribution in [0.15, 0.2) is 65.5 Å². The maximum atomic E-state index is 13.0. The summed E-state index contributed by atoms with van der Waals surface area (Å²) in [4.78, 5) is 13.8. The van der Waals surface area contributed by atoms with E-state index in [2.05, 4.69) is 10.00 Å². The predicted octanol–water partition coefficient (Wildman–Crippen LogP) is 3.95. The number of carboxylic acids is 1. The summed E-state index contributed by atoms with van der Waals surface area (Å²) in [6.45, 7) is 2.30. The van der Waals surface area contributed by atoms with E-state index in [1.807, 2.05) is 23.0 Å². The van der Waals surface area contributed by atoms with Crippen LogP contribution < -0.4 is 0 Å². The Balaban J connectivity index is 1.55. The van der Waals surface area contributed by atoms with Crippen LogP contribution in [0.2, 0.25) is 0 Å². The number of rotatable bonds is 10. The van der Waals surface area contributed by atoms with Crippen LogP contribution >= 0.6 is 11.8 Å². The van der Waals surface area contributed by atoms with Gasteiger partial charge in [0.1, 0.15) is 5.82 Å². The Hall–Kier alpha value is -2.54. The molecule has 148 valence electrons. The first-order chi connectivity index (χ1) is 13.6. The maximum Gasteiger partial charge on any atom is 0.338 e. The van der Waals surface area contributed by atoms with E-state index < -0.39 is 5.97 Å². The minimum atomic E-state index is -0.894. The number of aromatic nitrogens is 2. The Bertz CT molecular complexity index is 832. The molecule has 3 rings (SSSR count). The van der Waals surface area contributed by atoms with Gasteiger partial charge in [0, 0.05) is 32.0 Å². The van der Waals surface area contributed by atoms with Gasteiger partial charge in [-0.15, -0.1) is 11.8 Å². The molecule has 1 aliphatic rings. The van der Waals surface area contributed by atoms with Gasteiger partial charge in [0.15, 0.2) is 0 Å². The molecule has 1 aliphatic heterocycles. The van der Waals surface area contributed by atoms with E-state index in [1.54, 1.807) is 36.2 Å². The zero-order chi connectivity index (χ0) is 19.8. The first kappa shape index (κ1) is 20.2. The third-order valence-electron chi connectivity index (χ3n) is 4.49. The minimum Gasteiger partial charge on any atom is -0.478 e. The monoisotopic (exact) mass is 401 g/mol. The van der Waals surface area contributed by atoms with Gasteiger partial charge in [0.25, 0.3) is 0 Å². The Morgan fingerprint density at radius 2 is 2.04 bits per heavy atom. The van der Waals surface area contributed by atoms with Crippen LogP contribution in [0.1, 0.15) is 18.4 Å². The lowest BCUT2D eigenvalue weighted by molar-refractivity contribution is -0.132. The lowest BCUT2D eigenvalue weighted by Gasteiger charge is -2.29. The number of carbonyl (C=O) groups is 1. The fourth-order valence-corrected chi connectivity index (χ4v) is 4.24. The summed E-state index contributed by atoms with van der Waals surface area (Å²) in [6, 6.07) is 8.44. The predicted molar refractivity (Wildman–Crippen MR) is 109 cm³/mol. The summed E-state index contributed by atoms with van der Waals surface area (Å²) in [7, 11) is 0. The highest BCUT2D eigenvalue weighted by Gasteiger charge is 2.21. The standard InChI is InChI=1S/C21H24FN3O2S/c22-18-9-7-17(8-10-18)5-2-16-28-20-19(21(26)27)6-1-12-24(20)13-4-15-25-14-3-11-23-25/h1,3,6-11,14H,2,4-5,12-13,15-16H2,(H,26,27). The number of thioether (sulfide) groups is 1. The molecule has 0 saturated heterocycles. The Morgan fingerprint density at radius 3 is 2.75 bits per heavy atom. The van der Waals surface area contributed by atoms with Crippen LogP contribution in [-0.2, 0) is 17.8 Å². The maximum absolute atomic E-state index is 13.0. The van der Waals surface area contributed by atoms with Gasteiger partial charge in [0.2, 0.25) is 0 Å². The number of aryl methyl sites for hydroxylation is 2. The molecule has 5 nitrogen and oxygen atoms in total. The number of aliphatic carboxylic acids is 1. The van der Waals surface area contributed by atoms with Crippen molar-refractivity contribution < 1.29 is 14.3 Å². The fraction of sp³-hybridized carbons (Fsp3) is 0.333. The van der Waals surface area contributed by atoms with Crippen LogP contribution in [0.3, 0.4) is 0 Å². The average molecular weight is 402 g/mol. The summed E-state index contributed by atoms with van der Waals surface area (Å²) in [5.41, 5.74) is 1.45. The van der Waals surface area contributed by atoms with Crippen molar-refractivity contribution in [3.05, 3.63) is 76.9 Å². The number of halogens is 1. The van der Waals surface area contributed by atoms with E-state index in [9.17, 15) is 14.3 Å². The molecular weight excluding hydrogens is 377 g/mol. The molecule has 2 aromatic rings.